The van der Waals surface area contributed by atoms with Crippen molar-refractivity contribution in [3.63, 3.8) is 0 Å². The summed E-state index contributed by atoms with van der Waals surface area (Å²) in [6, 6.07) is 13.1. The number of allylic oxidation sites excluding steroid dienone is 3. The van der Waals surface area contributed by atoms with Gasteiger partial charge in [0.2, 0.25) is 0 Å². The summed E-state index contributed by atoms with van der Waals surface area (Å²) in [6.07, 6.45) is 9.35. The van der Waals surface area contributed by atoms with Gasteiger partial charge in [-0.1, -0.05) is 43.7 Å². The number of carboxylic acid groups (broad SMARTS) is 1. The molecule has 2 aromatic carbocycles. The molecule has 0 radical (unpaired) electrons. The van der Waals surface area contributed by atoms with Crippen LogP contribution in [0.5, 0.6) is 17.4 Å². The summed E-state index contributed by atoms with van der Waals surface area (Å²) in [7, 11) is 0. The summed E-state index contributed by atoms with van der Waals surface area (Å²) >= 11 is 2.83. The molecule has 2 atom stereocenters. The number of thioether (sulfide) groups is 1. The molecule has 0 aliphatic heterocycles. The molecule has 2 aromatic heterocycles. The van der Waals surface area contributed by atoms with Gasteiger partial charge < -0.3 is 29.2 Å². The average molecular weight is 665 g/mol. The van der Waals surface area contributed by atoms with Crippen LogP contribution in [-0.4, -0.2) is 39.1 Å². The number of ketones is 1. The third kappa shape index (κ3) is 9.35. The zero-order valence-corrected chi connectivity index (χ0v) is 27.1. The summed E-state index contributed by atoms with van der Waals surface area (Å²) in [5.74, 6) is 0.0234. The number of carbonyl (C=O) groups excluding carboxylic acids is 1. The first kappa shape index (κ1) is 34.6. The van der Waals surface area contributed by atoms with E-state index in [1.165, 1.54) is 30.0 Å². The Balaban J connectivity index is 1.35. The highest BCUT2D eigenvalue weighted by atomic mass is 32.2. The van der Waals surface area contributed by atoms with E-state index in [-0.39, 0.29) is 27.8 Å². The lowest BCUT2D eigenvalue weighted by Crippen LogP contribution is -2.11. The smallest absolute Gasteiger partial charge is 0.507 e. The Morgan fingerprint density at radius 2 is 1.93 bits per heavy atom. The minimum Gasteiger partial charge on any atom is -0.507 e. The van der Waals surface area contributed by atoms with Gasteiger partial charge in [-0.25, -0.2) is 4.79 Å². The van der Waals surface area contributed by atoms with E-state index in [0.29, 0.717) is 34.8 Å². The molecular weight excluding hydrogens is 629 g/mol. The number of rotatable bonds is 16. The zero-order chi connectivity index (χ0) is 33.1. The summed E-state index contributed by atoms with van der Waals surface area (Å²) in [5, 5.41) is 32.4. The third-order valence-electron chi connectivity index (χ3n) is 6.97. The molecule has 242 valence electrons. The molecule has 4 rings (SSSR count). The fourth-order valence-corrected chi connectivity index (χ4v) is 6.66. The van der Waals surface area contributed by atoms with Crippen LogP contribution in [-0.2, 0) is 6.42 Å². The molecule has 0 bridgehead atoms. The van der Waals surface area contributed by atoms with Crippen molar-refractivity contribution < 1.29 is 38.8 Å². The van der Waals surface area contributed by atoms with Crippen molar-refractivity contribution in [3.05, 3.63) is 104 Å². The Morgan fingerprint density at radius 1 is 1.11 bits per heavy atom. The van der Waals surface area contributed by atoms with Crippen molar-refractivity contribution in [1.29, 1.82) is 0 Å². The Hall–Kier alpha value is -4.32. The normalized spacial score (nSPS) is 12.9. The molecule has 0 amide bonds. The van der Waals surface area contributed by atoms with Gasteiger partial charge in [-0.3, -0.25) is 9.59 Å². The van der Waals surface area contributed by atoms with Crippen LogP contribution < -0.4 is 14.9 Å². The second-order valence-corrected chi connectivity index (χ2v) is 12.6. The number of ether oxygens (including phenoxy) is 2. The fourth-order valence-electron chi connectivity index (χ4n) is 4.73. The van der Waals surface area contributed by atoms with E-state index in [9.17, 15) is 24.6 Å². The van der Waals surface area contributed by atoms with Crippen LogP contribution in [0.2, 0.25) is 0 Å². The van der Waals surface area contributed by atoms with E-state index >= 15 is 0 Å². The molecule has 4 aromatic rings. The zero-order valence-electron chi connectivity index (χ0n) is 25.5. The van der Waals surface area contributed by atoms with Gasteiger partial charge in [0.05, 0.1) is 28.9 Å². The molecule has 3 N–H and O–H groups in total. The van der Waals surface area contributed by atoms with Gasteiger partial charge in [0.15, 0.2) is 11.2 Å². The predicted molar refractivity (Wildman–Crippen MR) is 180 cm³/mol. The standard InChI is InChI=1S/C35H36O9S2/c1-3-11-26-28(17-16-24(22(2)36)33(26)38)42-18-9-7-5-4-6-8-12-31(34(39)30-13-10-19-45-30)46-23-14-15-25-27(37)21-32(44-35(40)41)43-29(25)20-23/h4,6,8,10,12-17,19-21,31,34,38-39H,3,5,7,9,11,18H2,1-2H3,(H,40,41)/b6-4-,12-8+. The number of Topliss-reactive ketones (excluding diaryl/α,β-unsaturated/α-hetero) is 1. The Labute approximate surface area is 274 Å². The molecule has 9 nitrogen and oxygen atoms in total. The maximum Gasteiger partial charge on any atom is 0.513 e. The number of phenols is 1. The number of benzene rings is 2. The summed E-state index contributed by atoms with van der Waals surface area (Å²) in [5.41, 5.74) is 0.731. The van der Waals surface area contributed by atoms with Crippen LogP contribution in [0.1, 0.15) is 66.4 Å². The maximum atomic E-state index is 12.4. The van der Waals surface area contributed by atoms with Gasteiger partial charge in [0.1, 0.15) is 23.2 Å². The van der Waals surface area contributed by atoms with E-state index in [2.05, 4.69) is 4.74 Å². The van der Waals surface area contributed by atoms with Gasteiger partial charge in [-0.15, -0.1) is 23.1 Å². The largest absolute Gasteiger partial charge is 0.513 e. The Morgan fingerprint density at radius 3 is 2.65 bits per heavy atom. The van der Waals surface area contributed by atoms with Crippen LogP contribution in [0.3, 0.4) is 0 Å². The molecule has 46 heavy (non-hydrogen) atoms. The number of aliphatic hydroxyl groups is 1. The molecule has 0 saturated heterocycles. The molecule has 0 aliphatic carbocycles. The van der Waals surface area contributed by atoms with Crippen molar-refractivity contribution in [2.75, 3.05) is 6.61 Å². The monoisotopic (exact) mass is 664 g/mol. The van der Waals surface area contributed by atoms with Crippen molar-refractivity contribution in [3.8, 4) is 17.4 Å². The number of hydrogen-bond donors (Lipinski definition) is 3. The molecule has 11 heteroatoms. The SMILES string of the molecule is CCCc1c(OCCCC/C=C\C=C\C(Sc2ccc3c(=O)cc(OC(=O)O)oc3c2)C(O)c2cccs2)ccc(C(C)=O)c1O. The Bertz CT molecular complexity index is 1760. The lowest BCUT2D eigenvalue weighted by Gasteiger charge is -2.18. The lowest BCUT2D eigenvalue weighted by molar-refractivity contribution is 0.101. The predicted octanol–water partition coefficient (Wildman–Crippen LogP) is 8.33. The first-order valence-electron chi connectivity index (χ1n) is 14.9. The van der Waals surface area contributed by atoms with Crippen LogP contribution in [0.25, 0.3) is 11.0 Å². The number of phenolic OH excluding ortho intramolecular Hbond substituents is 1. The number of aromatic hydroxyl groups is 1. The average Bonchev–Trinajstić information content (AvgIpc) is 3.55. The highest BCUT2D eigenvalue weighted by molar-refractivity contribution is 8.00. The lowest BCUT2D eigenvalue weighted by atomic mass is 10.0. The van der Waals surface area contributed by atoms with Gasteiger partial charge in [-0.2, -0.15) is 0 Å². The summed E-state index contributed by atoms with van der Waals surface area (Å²) in [6.45, 7) is 3.93. The molecule has 0 aliphatic rings. The van der Waals surface area contributed by atoms with E-state index < -0.39 is 23.6 Å². The minimum atomic E-state index is -1.59. The Kier molecular flexibility index (Phi) is 12.6. The van der Waals surface area contributed by atoms with Crippen LogP contribution in [0.4, 0.5) is 4.79 Å². The maximum absolute atomic E-state index is 12.4. The molecule has 2 unspecified atom stereocenters. The summed E-state index contributed by atoms with van der Waals surface area (Å²) < 4.78 is 16.0. The first-order chi connectivity index (χ1) is 22.2. The topological polar surface area (TPSA) is 144 Å². The number of aliphatic hydroxyl groups excluding tert-OH is 1. The number of fused-ring (bicyclic) bond motifs is 1. The number of carbonyl (C=O) groups is 2. The highest BCUT2D eigenvalue weighted by Gasteiger charge is 2.21. The third-order valence-corrected chi connectivity index (χ3v) is 9.13. The van der Waals surface area contributed by atoms with Gasteiger partial charge >= 0.3 is 6.16 Å². The highest BCUT2D eigenvalue weighted by Crippen LogP contribution is 2.36. The molecule has 2 heterocycles. The second-order valence-electron chi connectivity index (χ2n) is 10.4. The van der Waals surface area contributed by atoms with Crippen LogP contribution in [0.15, 0.2) is 92.3 Å². The van der Waals surface area contributed by atoms with Crippen molar-refractivity contribution in [2.45, 2.75) is 62.2 Å². The van der Waals surface area contributed by atoms with Crippen molar-refractivity contribution in [1.82, 2.24) is 0 Å². The quantitative estimate of drug-likeness (QED) is 0.0352. The first-order valence-corrected chi connectivity index (χ1v) is 16.6. The molecule has 0 saturated carbocycles. The molecule has 0 fully saturated rings. The number of unbranched alkanes of at least 4 members (excludes halogenated alkanes) is 2. The fraction of sp³-hybridized carbons (Fsp3) is 0.286. The summed E-state index contributed by atoms with van der Waals surface area (Å²) in [4.78, 5) is 36.6. The van der Waals surface area contributed by atoms with E-state index in [1.54, 1.807) is 30.3 Å². The van der Waals surface area contributed by atoms with Gasteiger partial charge in [0, 0.05) is 15.3 Å². The van der Waals surface area contributed by atoms with Gasteiger partial charge in [0.25, 0.3) is 5.95 Å². The number of hydrogen-bond acceptors (Lipinski definition) is 10. The van der Waals surface area contributed by atoms with Gasteiger partial charge in [-0.05, 0) is 74.4 Å². The van der Waals surface area contributed by atoms with E-state index in [1.807, 2.05) is 48.7 Å². The molecule has 0 spiro atoms. The minimum absolute atomic E-state index is 0.00826. The van der Waals surface area contributed by atoms with Crippen LogP contribution >= 0.6 is 23.1 Å². The van der Waals surface area contributed by atoms with Crippen molar-refractivity contribution in [2.24, 2.45) is 0 Å². The second kappa shape index (κ2) is 16.8. The number of thiophene rings is 1. The molecular formula is C35H36O9S2. The van der Waals surface area contributed by atoms with Crippen molar-refractivity contribution >= 4 is 46.0 Å². The van der Waals surface area contributed by atoms with E-state index in [4.69, 9.17) is 14.3 Å². The van der Waals surface area contributed by atoms with E-state index in [0.717, 1.165) is 36.6 Å². The van der Waals surface area contributed by atoms with Crippen LogP contribution in [0, 0.1) is 0 Å².